The highest BCUT2D eigenvalue weighted by Crippen LogP contribution is 2.19. The SMILES string of the molecule is CCOc1ccccc1CN(C)C(=O)c1n[nH]c(C)n1. The Hall–Kier alpha value is -2.37. The lowest BCUT2D eigenvalue weighted by atomic mass is 10.2. The van der Waals surface area contributed by atoms with Crippen LogP contribution in [0.15, 0.2) is 24.3 Å². The molecule has 0 saturated carbocycles. The summed E-state index contributed by atoms with van der Waals surface area (Å²) in [4.78, 5) is 17.8. The van der Waals surface area contributed by atoms with Crippen molar-refractivity contribution in [2.24, 2.45) is 0 Å². The van der Waals surface area contributed by atoms with Crippen molar-refractivity contribution in [2.45, 2.75) is 20.4 Å². The number of hydrogen-bond acceptors (Lipinski definition) is 4. The second kappa shape index (κ2) is 6.18. The molecule has 1 heterocycles. The lowest BCUT2D eigenvalue weighted by molar-refractivity contribution is 0.0772. The highest BCUT2D eigenvalue weighted by molar-refractivity contribution is 5.90. The molecule has 0 atom stereocenters. The molecule has 2 rings (SSSR count). The van der Waals surface area contributed by atoms with Gasteiger partial charge in [0.15, 0.2) is 0 Å². The summed E-state index contributed by atoms with van der Waals surface area (Å²) in [5.74, 6) is 1.37. The standard InChI is InChI=1S/C14H18N4O2/c1-4-20-12-8-6-5-7-11(12)9-18(3)14(19)13-15-10(2)16-17-13/h5-8H,4,9H2,1-3H3,(H,15,16,17). The summed E-state index contributed by atoms with van der Waals surface area (Å²) in [6, 6.07) is 7.67. The number of aromatic amines is 1. The van der Waals surface area contributed by atoms with Crippen LogP contribution in [0.1, 0.15) is 28.9 Å². The number of ether oxygens (including phenoxy) is 1. The van der Waals surface area contributed by atoms with Crippen LogP contribution in [0.3, 0.4) is 0 Å². The van der Waals surface area contributed by atoms with Gasteiger partial charge in [-0.2, -0.15) is 0 Å². The van der Waals surface area contributed by atoms with E-state index >= 15 is 0 Å². The maximum atomic E-state index is 12.2. The number of aromatic nitrogens is 3. The average molecular weight is 274 g/mol. The van der Waals surface area contributed by atoms with Gasteiger partial charge in [-0.15, -0.1) is 5.10 Å². The topological polar surface area (TPSA) is 71.1 Å². The summed E-state index contributed by atoms with van der Waals surface area (Å²) >= 11 is 0. The zero-order valence-electron chi connectivity index (χ0n) is 11.9. The van der Waals surface area contributed by atoms with Gasteiger partial charge in [0.2, 0.25) is 5.82 Å². The second-order valence-electron chi connectivity index (χ2n) is 4.45. The fourth-order valence-corrected chi connectivity index (χ4v) is 1.87. The van der Waals surface area contributed by atoms with Crippen LogP contribution in [0.2, 0.25) is 0 Å². The van der Waals surface area contributed by atoms with E-state index in [1.54, 1.807) is 18.9 Å². The molecule has 1 amide bonds. The number of carbonyl (C=O) groups excluding carboxylic acids is 1. The van der Waals surface area contributed by atoms with Crippen molar-refractivity contribution in [1.29, 1.82) is 0 Å². The third-order valence-corrected chi connectivity index (χ3v) is 2.82. The minimum absolute atomic E-state index is 0.180. The van der Waals surface area contributed by atoms with Crippen molar-refractivity contribution in [1.82, 2.24) is 20.1 Å². The predicted molar refractivity (Wildman–Crippen MR) is 74.5 cm³/mol. The highest BCUT2D eigenvalue weighted by atomic mass is 16.5. The first-order valence-corrected chi connectivity index (χ1v) is 6.47. The molecule has 1 aromatic carbocycles. The number of nitrogens with zero attached hydrogens (tertiary/aromatic N) is 3. The molecule has 1 aromatic heterocycles. The summed E-state index contributed by atoms with van der Waals surface area (Å²) in [6.45, 7) is 4.73. The minimum atomic E-state index is -0.222. The van der Waals surface area contributed by atoms with E-state index in [4.69, 9.17) is 4.74 Å². The monoisotopic (exact) mass is 274 g/mol. The number of hydrogen-bond donors (Lipinski definition) is 1. The van der Waals surface area contributed by atoms with Gasteiger partial charge in [-0.05, 0) is 19.9 Å². The Kier molecular flexibility index (Phi) is 4.34. The highest BCUT2D eigenvalue weighted by Gasteiger charge is 2.17. The lowest BCUT2D eigenvalue weighted by Crippen LogP contribution is -2.27. The molecule has 0 saturated heterocycles. The van der Waals surface area contributed by atoms with Crippen molar-refractivity contribution in [3.05, 3.63) is 41.5 Å². The molecule has 0 spiro atoms. The summed E-state index contributed by atoms with van der Waals surface area (Å²) < 4.78 is 5.55. The molecule has 106 valence electrons. The maximum absolute atomic E-state index is 12.2. The number of amides is 1. The number of para-hydroxylation sites is 1. The maximum Gasteiger partial charge on any atom is 0.293 e. The van der Waals surface area contributed by atoms with Gasteiger partial charge in [0, 0.05) is 19.2 Å². The van der Waals surface area contributed by atoms with Gasteiger partial charge in [-0.1, -0.05) is 18.2 Å². The Labute approximate surface area is 117 Å². The second-order valence-corrected chi connectivity index (χ2v) is 4.45. The van der Waals surface area contributed by atoms with Crippen molar-refractivity contribution >= 4 is 5.91 Å². The quantitative estimate of drug-likeness (QED) is 0.902. The average Bonchev–Trinajstić information content (AvgIpc) is 2.87. The van der Waals surface area contributed by atoms with Crippen LogP contribution in [-0.4, -0.2) is 39.6 Å². The number of H-pyrrole nitrogens is 1. The Morgan fingerprint density at radius 2 is 2.15 bits per heavy atom. The molecule has 0 fully saturated rings. The first-order valence-electron chi connectivity index (χ1n) is 6.47. The van der Waals surface area contributed by atoms with E-state index in [0.717, 1.165) is 11.3 Å². The number of carbonyl (C=O) groups is 1. The van der Waals surface area contributed by atoms with E-state index in [-0.39, 0.29) is 11.7 Å². The molecule has 6 nitrogen and oxygen atoms in total. The summed E-state index contributed by atoms with van der Waals surface area (Å²) in [6.07, 6.45) is 0. The van der Waals surface area contributed by atoms with Crippen LogP contribution in [0.4, 0.5) is 0 Å². The van der Waals surface area contributed by atoms with Crippen LogP contribution in [0, 0.1) is 6.92 Å². The molecule has 0 radical (unpaired) electrons. The third kappa shape index (κ3) is 3.14. The van der Waals surface area contributed by atoms with Gasteiger partial charge in [0.25, 0.3) is 5.91 Å². The van der Waals surface area contributed by atoms with Crippen LogP contribution in [0.5, 0.6) is 5.75 Å². The smallest absolute Gasteiger partial charge is 0.293 e. The van der Waals surface area contributed by atoms with Crippen LogP contribution >= 0.6 is 0 Å². The molecule has 0 aliphatic heterocycles. The number of nitrogens with one attached hydrogen (secondary N) is 1. The van der Waals surface area contributed by atoms with Crippen molar-refractivity contribution in [2.75, 3.05) is 13.7 Å². The molecule has 0 bridgehead atoms. The number of rotatable bonds is 5. The fraction of sp³-hybridized carbons (Fsp3) is 0.357. The van der Waals surface area contributed by atoms with Gasteiger partial charge in [-0.25, -0.2) is 4.98 Å². The van der Waals surface area contributed by atoms with Crippen molar-refractivity contribution < 1.29 is 9.53 Å². The van der Waals surface area contributed by atoms with E-state index in [9.17, 15) is 4.79 Å². The van der Waals surface area contributed by atoms with E-state index in [0.29, 0.717) is 19.0 Å². The number of aryl methyl sites for hydroxylation is 1. The fourth-order valence-electron chi connectivity index (χ4n) is 1.87. The minimum Gasteiger partial charge on any atom is -0.494 e. The van der Waals surface area contributed by atoms with Crippen molar-refractivity contribution in [3.63, 3.8) is 0 Å². The molecule has 6 heteroatoms. The molecule has 1 N–H and O–H groups in total. The van der Waals surface area contributed by atoms with Gasteiger partial charge < -0.3 is 9.64 Å². The summed E-state index contributed by atoms with van der Waals surface area (Å²) in [5, 5.41) is 6.55. The predicted octanol–water partition coefficient (Wildman–Crippen LogP) is 1.78. The van der Waals surface area contributed by atoms with Crippen LogP contribution < -0.4 is 4.74 Å². The van der Waals surface area contributed by atoms with E-state index < -0.39 is 0 Å². The van der Waals surface area contributed by atoms with E-state index in [1.807, 2.05) is 31.2 Å². The van der Waals surface area contributed by atoms with Crippen molar-refractivity contribution in [3.8, 4) is 5.75 Å². The molecular weight excluding hydrogens is 256 g/mol. The molecule has 0 aliphatic rings. The lowest BCUT2D eigenvalue weighted by Gasteiger charge is -2.17. The largest absolute Gasteiger partial charge is 0.494 e. The van der Waals surface area contributed by atoms with Crippen LogP contribution in [0.25, 0.3) is 0 Å². The van der Waals surface area contributed by atoms with Crippen LogP contribution in [-0.2, 0) is 6.54 Å². The Balaban J connectivity index is 2.11. The van der Waals surface area contributed by atoms with E-state index in [2.05, 4.69) is 15.2 Å². The van der Waals surface area contributed by atoms with Gasteiger partial charge in [-0.3, -0.25) is 9.89 Å². The van der Waals surface area contributed by atoms with Gasteiger partial charge in [0.1, 0.15) is 11.6 Å². The normalized spacial score (nSPS) is 10.3. The zero-order chi connectivity index (χ0) is 14.5. The molecule has 2 aromatic rings. The van der Waals surface area contributed by atoms with Gasteiger partial charge >= 0.3 is 0 Å². The summed E-state index contributed by atoms with van der Waals surface area (Å²) in [7, 11) is 1.72. The summed E-state index contributed by atoms with van der Waals surface area (Å²) in [5.41, 5.74) is 0.956. The first-order chi connectivity index (χ1) is 9.61. The molecule has 0 aliphatic carbocycles. The number of benzene rings is 1. The molecular formula is C14H18N4O2. The molecule has 20 heavy (non-hydrogen) atoms. The first kappa shape index (κ1) is 14.0. The Morgan fingerprint density at radius 3 is 2.80 bits per heavy atom. The Morgan fingerprint density at radius 1 is 1.40 bits per heavy atom. The third-order valence-electron chi connectivity index (χ3n) is 2.82. The van der Waals surface area contributed by atoms with Gasteiger partial charge in [0.05, 0.1) is 6.61 Å². The van der Waals surface area contributed by atoms with E-state index in [1.165, 1.54) is 0 Å². The Bertz CT molecular complexity index is 594. The molecule has 0 unspecified atom stereocenters. The zero-order valence-corrected chi connectivity index (χ0v) is 11.9.